The Labute approximate surface area is 137 Å². The third-order valence-electron chi connectivity index (χ3n) is 3.63. The molecule has 1 aromatic carbocycles. The first kappa shape index (κ1) is 17.9. The van der Waals surface area contributed by atoms with Crippen LogP contribution in [0.4, 0.5) is 5.69 Å². The summed E-state index contributed by atoms with van der Waals surface area (Å²) >= 11 is 11.3. The summed E-state index contributed by atoms with van der Waals surface area (Å²) in [6.07, 6.45) is 2.97. The van der Waals surface area contributed by atoms with Crippen LogP contribution in [-0.2, 0) is 4.79 Å². The minimum atomic E-state index is -0.800. The summed E-state index contributed by atoms with van der Waals surface area (Å²) in [5, 5.41) is 3.42. The highest BCUT2D eigenvalue weighted by Gasteiger charge is 2.40. The molecule has 0 aliphatic carbocycles. The summed E-state index contributed by atoms with van der Waals surface area (Å²) in [6, 6.07) is 5.52. The van der Waals surface area contributed by atoms with E-state index in [1.807, 2.05) is 32.9 Å². The van der Waals surface area contributed by atoms with Crippen LogP contribution in [0.15, 0.2) is 18.2 Å². The van der Waals surface area contributed by atoms with Crippen LogP contribution in [-0.4, -0.2) is 10.9 Å². The fourth-order valence-corrected chi connectivity index (χ4v) is 3.00. The first-order valence-corrected chi connectivity index (χ1v) is 8.03. The molecule has 0 saturated heterocycles. The molecule has 0 aromatic heterocycles. The highest BCUT2D eigenvalue weighted by Crippen LogP contribution is 2.33. The third kappa shape index (κ3) is 4.17. The summed E-state index contributed by atoms with van der Waals surface area (Å²) in [5.41, 5.74) is 6.74. The number of benzene rings is 1. The van der Waals surface area contributed by atoms with E-state index in [1.165, 1.54) is 0 Å². The number of nitrogens with one attached hydrogen (secondary N) is 1. The van der Waals surface area contributed by atoms with Crippen LogP contribution in [0.5, 0.6) is 0 Å². The largest absolute Gasteiger partial charge is 0.392 e. The topological polar surface area (TPSA) is 55.1 Å². The lowest BCUT2D eigenvalue weighted by molar-refractivity contribution is -0.122. The van der Waals surface area contributed by atoms with Crippen LogP contribution in [0.3, 0.4) is 0 Å². The number of rotatable bonds is 7. The van der Waals surface area contributed by atoms with Gasteiger partial charge in [-0.1, -0.05) is 56.6 Å². The molecule has 3 N–H and O–H groups in total. The van der Waals surface area contributed by atoms with Gasteiger partial charge in [-0.05, 0) is 37.5 Å². The molecule has 0 unspecified atom stereocenters. The second-order valence-electron chi connectivity index (χ2n) is 5.38. The smallest absolute Gasteiger partial charge is 0.237 e. The summed E-state index contributed by atoms with van der Waals surface area (Å²) in [4.78, 5) is 13.0. The van der Waals surface area contributed by atoms with Crippen molar-refractivity contribution < 1.29 is 4.79 Å². The Bertz CT molecular complexity index is 525. The average Bonchev–Trinajstić information content (AvgIpc) is 2.42. The maximum atomic E-state index is 12.8. The predicted octanol–water partition coefficient (Wildman–Crippen LogP) is 4.46. The van der Waals surface area contributed by atoms with E-state index in [-0.39, 0.29) is 10.9 Å². The first-order chi connectivity index (χ1) is 9.87. The van der Waals surface area contributed by atoms with Gasteiger partial charge < -0.3 is 11.1 Å². The van der Waals surface area contributed by atoms with E-state index >= 15 is 0 Å². The van der Waals surface area contributed by atoms with Gasteiger partial charge in [0.1, 0.15) is 0 Å². The number of carbonyl (C=O) groups excluding carboxylic acids is 1. The Kier molecular flexibility index (Phi) is 6.62. The lowest BCUT2D eigenvalue weighted by Gasteiger charge is -2.31. The van der Waals surface area contributed by atoms with Crippen molar-refractivity contribution in [1.82, 2.24) is 0 Å². The molecular formula is C16H23ClN2OS. The Morgan fingerprint density at radius 2 is 1.90 bits per heavy atom. The Hall–Kier alpha value is -1.13. The normalized spacial score (nSPS) is 11.2. The van der Waals surface area contributed by atoms with E-state index in [1.54, 1.807) is 6.07 Å². The van der Waals surface area contributed by atoms with Gasteiger partial charge in [-0.15, -0.1) is 0 Å². The summed E-state index contributed by atoms with van der Waals surface area (Å²) in [5.74, 6) is -0.161. The molecule has 116 valence electrons. The molecule has 0 aliphatic rings. The summed E-state index contributed by atoms with van der Waals surface area (Å²) in [6.45, 7) is 6.00. The molecule has 3 nitrogen and oxygen atoms in total. The molecule has 0 bridgehead atoms. The van der Waals surface area contributed by atoms with Crippen molar-refractivity contribution in [3.05, 3.63) is 28.8 Å². The van der Waals surface area contributed by atoms with Gasteiger partial charge >= 0.3 is 0 Å². The lowest BCUT2D eigenvalue weighted by atomic mass is 9.78. The van der Waals surface area contributed by atoms with Crippen molar-refractivity contribution in [2.45, 2.75) is 46.5 Å². The molecule has 0 fully saturated rings. The van der Waals surface area contributed by atoms with Crippen molar-refractivity contribution in [3.8, 4) is 0 Å². The number of carbonyl (C=O) groups is 1. The monoisotopic (exact) mass is 326 g/mol. The maximum absolute atomic E-state index is 12.8. The quantitative estimate of drug-likeness (QED) is 0.727. The highest BCUT2D eigenvalue weighted by atomic mass is 35.5. The fourth-order valence-electron chi connectivity index (χ4n) is 2.54. The molecule has 5 heteroatoms. The summed E-state index contributed by atoms with van der Waals surface area (Å²) in [7, 11) is 0. The van der Waals surface area contributed by atoms with E-state index in [4.69, 9.17) is 29.6 Å². The van der Waals surface area contributed by atoms with Gasteiger partial charge in [0.15, 0.2) is 0 Å². The lowest BCUT2D eigenvalue weighted by Crippen LogP contribution is -2.46. The number of thiocarbonyl (C=S) groups is 1. The molecule has 0 aliphatic heterocycles. The number of nitrogens with two attached hydrogens (primary N) is 1. The van der Waals surface area contributed by atoms with Crippen LogP contribution in [0, 0.1) is 12.3 Å². The number of aryl methyl sites for hydroxylation is 1. The minimum absolute atomic E-state index is 0.161. The number of anilines is 1. The molecule has 1 amide bonds. The van der Waals surface area contributed by atoms with Gasteiger partial charge in [0, 0.05) is 0 Å². The zero-order valence-electron chi connectivity index (χ0n) is 12.8. The number of amides is 1. The van der Waals surface area contributed by atoms with E-state index in [0.29, 0.717) is 23.6 Å². The maximum Gasteiger partial charge on any atom is 0.237 e. The molecule has 0 saturated carbocycles. The van der Waals surface area contributed by atoms with Crippen molar-refractivity contribution in [3.63, 3.8) is 0 Å². The third-order valence-corrected chi connectivity index (χ3v) is 4.35. The van der Waals surface area contributed by atoms with Gasteiger partial charge in [-0.25, -0.2) is 0 Å². The fraction of sp³-hybridized carbons (Fsp3) is 0.500. The minimum Gasteiger partial charge on any atom is -0.392 e. The van der Waals surface area contributed by atoms with Crippen molar-refractivity contribution in [1.29, 1.82) is 0 Å². The molecular weight excluding hydrogens is 304 g/mol. The molecule has 0 heterocycles. The molecule has 21 heavy (non-hydrogen) atoms. The van der Waals surface area contributed by atoms with Crippen molar-refractivity contribution in [2.75, 3.05) is 5.32 Å². The predicted molar refractivity (Wildman–Crippen MR) is 93.9 cm³/mol. The Morgan fingerprint density at radius 3 is 2.38 bits per heavy atom. The van der Waals surface area contributed by atoms with Gasteiger partial charge in [-0.3, -0.25) is 4.79 Å². The molecule has 1 aromatic rings. The van der Waals surface area contributed by atoms with Crippen LogP contribution < -0.4 is 11.1 Å². The second-order valence-corrected chi connectivity index (χ2v) is 6.23. The van der Waals surface area contributed by atoms with E-state index < -0.39 is 5.41 Å². The van der Waals surface area contributed by atoms with Crippen LogP contribution in [0.2, 0.25) is 5.02 Å². The zero-order chi connectivity index (χ0) is 16.0. The molecule has 0 radical (unpaired) electrons. The number of hydrogen-bond acceptors (Lipinski definition) is 2. The number of hydrogen-bond donors (Lipinski definition) is 2. The van der Waals surface area contributed by atoms with E-state index in [2.05, 4.69) is 5.32 Å². The number of halogens is 1. The molecule has 1 rings (SSSR count). The summed E-state index contributed by atoms with van der Waals surface area (Å²) < 4.78 is 0. The molecule has 0 atom stereocenters. The van der Waals surface area contributed by atoms with Crippen LogP contribution in [0.25, 0.3) is 0 Å². The second kappa shape index (κ2) is 7.76. The van der Waals surface area contributed by atoms with E-state index in [9.17, 15) is 4.79 Å². The van der Waals surface area contributed by atoms with Gasteiger partial charge in [0.2, 0.25) is 5.91 Å². The van der Waals surface area contributed by atoms with Crippen LogP contribution >= 0.6 is 23.8 Å². The first-order valence-electron chi connectivity index (χ1n) is 7.25. The van der Waals surface area contributed by atoms with Gasteiger partial charge in [0.25, 0.3) is 0 Å². The standard InChI is InChI=1S/C16H23ClN2OS/c1-4-8-16(9-5-2,14(18)21)15(20)19-13-10-11(3)6-7-12(13)17/h6-7,10H,4-5,8-9H2,1-3H3,(H2,18,21)(H,19,20). The SMILES string of the molecule is CCCC(CCC)(C(=O)Nc1cc(C)ccc1Cl)C(N)=S. The average molecular weight is 327 g/mol. The highest BCUT2D eigenvalue weighted by molar-refractivity contribution is 7.80. The zero-order valence-corrected chi connectivity index (χ0v) is 14.4. The van der Waals surface area contributed by atoms with Crippen molar-refractivity contribution >= 4 is 40.4 Å². The van der Waals surface area contributed by atoms with Crippen molar-refractivity contribution in [2.24, 2.45) is 11.1 Å². The van der Waals surface area contributed by atoms with E-state index in [0.717, 1.165) is 18.4 Å². The van der Waals surface area contributed by atoms with Gasteiger partial charge in [0.05, 0.1) is 21.1 Å². The van der Waals surface area contributed by atoms with Gasteiger partial charge in [-0.2, -0.15) is 0 Å². The Morgan fingerprint density at radius 1 is 1.33 bits per heavy atom. The Balaban J connectivity index is 3.11. The van der Waals surface area contributed by atoms with Crippen LogP contribution in [0.1, 0.15) is 45.1 Å². The molecule has 0 spiro atoms.